The first-order valence-electron chi connectivity index (χ1n) is 7.89. The van der Waals surface area contributed by atoms with E-state index in [2.05, 4.69) is 0 Å². The molecule has 0 aliphatic heterocycles. The summed E-state index contributed by atoms with van der Waals surface area (Å²) in [5.41, 5.74) is 0. The normalized spacial score (nSPS) is 27.8. The number of ether oxygens (including phenoxy) is 1. The smallest absolute Gasteiger partial charge is 0.316 e. The second-order valence-electron chi connectivity index (χ2n) is 6.26. The van der Waals surface area contributed by atoms with Crippen molar-refractivity contribution in [1.29, 1.82) is 0 Å². The molecule has 2 saturated carbocycles. The summed E-state index contributed by atoms with van der Waals surface area (Å²) in [6.45, 7) is 0. The number of hydrogen-bond acceptors (Lipinski definition) is 4. The molecule has 0 radical (unpaired) electrons. The number of aldehydes is 1. The monoisotopic (exact) mass is 280 g/mol. The Balaban J connectivity index is 1.74. The first-order valence-corrected chi connectivity index (χ1v) is 7.89. The van der Waals surface area contributed by atoms with Gasteiger partial charge >= 0.3 is 11.9 Å². The third kappa shape index (κ3) is 4.43. The van der Waals surface area contributed by atoms with Crippen LogP contribution in [0.1, 0.15) is 64.2 Å². The standard InChI is InChI=1S/C16H24O4/c17-11-13-6-4-5-12(9-13)10-15(18)20-16(19)14-7-2-1-3-8-14/h11-14H,1-10H2. The summed E-state index contributed by atoms with van der Waals surface area (Å²) < 4.78 is 5.00. The number of rotatable bonds is 4. The molecule has 2 aliphatic carbocycles. The molecule has 2 fully saturated rings. The third-order valence-corrected chi connectivity index (χ3v) is 4.62. The number of esters is 2. The molecule has 0 aromatic heterocycles. The van der Waals surface area contributed by atoms with Crippen LogP contribution in [0.5, 0.6) is 0 Å². The van der Waals surface area contributed by atoms with Crippen LogP contribution in [0.3, 0.4) is 0 Å². The predicted molar refractivity (Wildman–Crippen MR) is 73.8 cm³/mol. The van der Waals surface area contributed by atoms with Gasteiger partial charge in [0.15, 0.2) is 0 Å². The second-order valence-corrected chi connectivity index (χ2v) is 6.26. The van der Waals surface area contributed by atoms with Crippen LogP contribution in [-0.4, -0.2) is 18.2 Å². The molecule has 4 heteroatoms. The number of hydrogen-bond donors (Lipinski definition) is 0. The fourth-order valence-corrected chi connectivity index (χ4v) is 3.45. The largest absolute Gasteiger partial charge is 0.393 e. The van der Waals surface area contributed by atoms with Crippen LogP contribution in [0.4, 0.5) is 0 Å². The lowest BCUT2D eigenvalue weighted by atomic mass is 9.80. The molecule has 0 aromatic carbocycles. The minimum atomic E-state index is -0.405. The van der Waals surface area contributed by atoms with E-state index >= 15 is 0 Å². The van der Waals surface area contributed by atoms with Crippen molar-refractivity contribution in [2.24, 2.45) is 17.8 Å². The van der Waals surface area contributed by atoms with Crippen molar-refractivity contribution < 1.29 is 19.1 Å². The van der Waals surface area contributed by atoms with E-state index < -0.39 is 5.97 Å². The molecular formula is C16H24O4. The van der Waals surface area contributed by atoms with Gasteiger partial charge in [0.2, 0.25) is 0 Å². The zero-order valence-corrected chi connectivity index (χ0v) is 12.0. The highest BCUT2D eigenvalue weighted by Gasteiger charge is 2.28. The van der Waals surface area contributed by atoms with E-state index in [9.17, 15) is 14.4 Å². The highest BCUT2D eigenvalue weighted by atomic mass is 16.6. The van der Waals surface area contributed by atoms with Gasteiger partial charge in [-0.25, -0.2) is 0 Å². The summed E-state index contributed by atoms with van der Waals surface area (Å²) >= 11 is 0. The minimum Gasteiger partial charge on any atom is -0.393 e. The van der Waals surface area contributed by atoms with E-state index in [1.807, 2.05) is 0 Å². The Kier molecular flexibility index (Phi) is 5.74. The fourth-order valence-electron chi connectivity index (χ4n) is 3.45. The van der Waals surface area contributed by atoms with E-state index in [1.165, 1.54) is 6.42 Å². The lowest BCUT2D eigenvalue weighted by molar-refractivity contribution is -0.164. The molecule has 0 saturated heterocycles. The zero-order valence-electron chi connectivity index (χ0n) is 12.0. The summed E-state index contributed by atoms with van der Waals surface area (Å²) in [7, 11) is 0. The first-order chi connectivity index (χ1) is 9.69. The van der Waals surface area contributed by atoms with Crippen LogP contribution in [0, 0.1) is 17.8 Å². The molecular weight excluding hydrogens is 256 g/mol. The fraction of sp³-hybridized carbons (Fsp3) is 0.812. The Morgan fingerprint density at radius 2 is 1.75 bits per heavy atom. The molecule has 0 amide bonds. The van der Waals surface area contributed by atoms with Gasteiger partial charge < -0.3 is 9.53 Å². The summed E-state index contributed by atoms with van der Waals surface area (Å²) in [5, 5.41) is 0. The first kappa shape index (κ1) is 15.2. The molecule has 2 atom stereocenters. The highest BCUT2D eigenvalue weighted by molar-refractivity contribution is 5.86. The summed E-state index contributed by atoms with van der Waals surface area (Å²) in [6.07, 6.45) is 9.88. The van der Waals surface area contributed by atoms with Crippen LogP contribution in [0.15, 0.2) is 0 Å². The van der Waals surface area contributed by atoms with Gasteiger partial charge in [-0.15, -0.1) is 0 Å². The van der Waals surface area contributed by atoms with Crippen molar-refractivity contribution in [2.75, 3.05) is 0 Å². The Labute approximate surface area is 120 Å². The molecule has 0 spiro atoms. The topological polar surface area (TPSA) is 60.4 Å². The van der Waals surface area contributed by atoms with Gasteiger partial charge in [0.1, 0.15) is 6.29 Å². The van der Waals surface area contributed by atoms with Crippen molar-refractivity contribution in [2.45, 2.75) is 64.2 Å². The zero-order chi connectivity index (χ0) is 14.4. The van der Waals surface area contributed by atoms with Crippen molar-refractivity contribution in [1.82, 2.24) is 0 Å². The van der Waals surface area contributed by atoms with Crippen LogP contribution in [-0.2, 0) is 19.1 Å². The van der Waals surface area contributed by atoms with Gasteiger partial charge in [0.05, 0.1) is 5.92 Å². The number of carbonyl (C=O) groups excluding carboxylic acids is 3. The quantitative estimate of drug-likeness (QED) is 0.451. The van der Waals surface area contributed by atoms with Crippen molar-refractivity contribution in [3.63, 3.8) is 0 Å². The van der Waals surface area contributed by atoms with Crippen molar-refractivity contribution >= 4 is 18.2 Å². The van der Waals surface area contributed by atoms with Gasteiger partial charge in [-0.3, -0.25) is 9.59 Å². The Morgan fingerprint density at radius 3 is 2.45 bits per heavy atom. The van der Waals surface area contributed by atoms with Crippen LogP contribution in [0.25, 0.3) is 0 Å². The maximum absolute atomic E-state index is 11.9. The Hall–Kier alpha value is -1.19. The summed E-state index contributed by atoms with van der Waals surface area (Å²) in [5.74, 6) is -0.544. The molecule has 0 N–H and O–H groups in total. The molecule has 20 heavy (non-hydrogen) atoms. The minimum absolute atomic E-state index is 0.0793. The maximum atomic E-state index is 11.9. The van der Waals surface area contributed by atoms with Gasteiger partial charge in [-0.2, -0.15) is 0 Å². The maximum Gasteiger partial charge on any atom is 0.316 e. The predicted octanol–water partition coefficient (Wildman–Crippen LogP) is 3.03. The molecule has 0 aromatic rings. The summed E-state index contributed by atoms with van der Waals surface area (Å²) in [6, 6.07) is 0. The van der Waals surface area contributed by atoms with E-state index in [-0.39, 0.29) is 30.1 Å². The molecule has 0 bridgehead atoms. The Morgan fingerprint density at radius 1 is 1.00 bits per heavy atom. The van der Waals surface area contributed by atoms with Crippen LogP contribution < -0.4 is 0 Å². The van der Waals surface area contributed by atoms with Crippen LogP contribution in [0.2, 0.25) is 0 Å². The molecule has 0 heterocycles. The van der Waals surface area contributed by atoms with Gasteiger partial charge in [-0.05, 0) is 38.0 Å². The molecule has 2 rings (SSSR count). The average molecular weight is 280 g/mol. The molecule has 4 nitrogen and oxygen atoms in total. The highest BCUT2D eigenvalue weighted by Crippen LogP contribution is 2.30. The lowest BCUT2D eigenvalue weighted by Crippen LogP contribution is -2.26. The van der Waals surface area contributed by atoms with E-state index in [1.54, 1.807) is 0 Å². The lowest BCUT2D eigenvalue weighted by Gasteiger charge is -2.25. The second kappa shape index (κ2) is 7.55. The third-order valence-electron chi connectivity index (χ3n) is 4.62. The Bertz CT molecular complexity index is 357. The number of carbonyl (C=O) groups is 3. The van der Waals surface area contributed by atoms with E-state index in [0.29, 0.717) is 0 Å². The van der Waals surface area contributed by atoms with E-state index in [0.717, 1.165) is 57.7 Å². The van der Waals surface area contributed by atoms with Crippen LogP contribution >= 0.6 is 0 Å². The SMILES string of the molecule is O=CC1CCCC(CC(=O)OC(=O)C2CCCCC2)C1. The molecule has 112 valence electrons. The van der Waals surface area contributed by atoms with Crippen molar-refractivity contribution in [3.8, 4) is 0 Å². The summed E-state index contributed by atoms with van der Waals surface area (Å²) in [4.78, 5) is 34.5. The van der Waals surface area contributed by atoms with E-state index in [4.69, 9.17) is 4.74 Å². The molecule has 2 unspecified atom stereocenters. The van der Waals surface area contributed by atoms with Gasteiger partial charge in [0.25, 0.3) is 0 Å². The van der Waals surface area contributed by atoms with Gasteiger partial charge in [-0.1, -0.05) is 25.7 Å². The molecule has 2 aliphatic rings. The van der Waals surface area contributed by atoms with Gasteiger partial charge in [0, 0.05) is 12.3 Å². The van der Waals surface area contributed by atoms with Crippen molar-refractivity contribution in [3.05, 3.63) is 0 Å². The average Bonchev–Trinajstić information content (AvgIpc) is 2.48.